The van der Waals surface area contributed by atoms with Gasteiger partial charge >= 0.3 is 0 Å². The topological polar surface area (TPSA) is 49.8 Å². The van der Waals surface area contributed by atoms with Crippen molar-refractivity contribution in [3.8, 4) is 0 Å². The summed E-state index contributed by atoms with van der Waals surface area (Å²) in [6.07, 6.45) is 3.52. The van der Waals surface area contributed by atoms with Crippen LogP contribution < -0.4 is 0 Å². The summed E-state index contributed by atoms with van der Waals surface area (Å²) in [6.45, 7) is 2.69. The second-order valence-electron chi connectivity index (χ2n) is 2.66. The standard InChI is InChI=1S/C8H13NO3/c1-2-3-4-9-5-6-12-8(11)7(9)10/h5-6,8,11H,2-4H2,1H3. The Labute approximate surface area is 71.4 Å². The SMILES string of the molecule is CCCCN1C=COC(O)C1=O. The van der Waals surface area contributed by atoms with Gasteiger partial charge in [0.25, 0.3) is 12.2 Å². The number of ether oxygens (including phenoxy) is 1. The number of hydrogen-bond donors (Lipinski definition) is 1. The quantitative estimate of drug-likeness (QED) is 0.670. The molecule has 0 saturated carbocycles. The van der Waals surface area contributed by atoms with Crippen LogP contribution in [0.3, 0.4) is 0 Å². The van der Waals surface area contributed by atoms with Gasteiger partial charge in [0, 0.05) is 12.7 Å². The first-order chi connectivity index (χ1) is 5.75. The van der Waals surface area contributed by atoms with Crippen molar-refractivity contribution in [1.82, 2.24) is 4.90 Å². The van der Waals surface area contributed by atoms with Crippen LogP contribution in [0.15, 0.2) is 12.5 Å². The number of amides is 1. The molecule has 0 bridgehead atoms. The molecule has 1 unspecified atom stereocenters. The van der Waals surface area contributed by atoms with Crippen molar-refractivity contribution in [2.45, 2.75) is 26.1 Å². The summed E-state index contributed by atoms with van der Waals surface area (Å²) in [5.74, 6) is -0.383. The summed E-state index contributed by atoms with van der Waals surface area (Å²) in [7, 11) is 0. The Balaban J connectivity index is 2.46. The Morgan fingerprint density at radius 3 is 3.17 bits per heavy atom. The summed E-state index contributed by atoms with van der Waals surface area (Å²) in [5, 5.41) is 8.98. The molecule has 1 atom stereocenters. The smallest absolute Gasteiger partial charge is 0.295 e. The van der Waals surface area contributed by atoms with E-state index in [1.807, 2.05) is 6.92 Å². The Bertz CT molecular complexity index is 191. The maximum atomic E-state index is 11.1. The lowest BCUT2D eigenvalue weighted by molar-refractivity contribution is -0.161. The van der Waals surface area contributed by atoms with Gasteiger partial charge in [0.2, 0.25) is 0 Å². The van der Waals surface area contributed by atoms with Gasteiger partial charge < -0.3 is 14.7 Å². The molecule has 0 aromatic rings. The monoisotopic (exact) mass is 171 g/mol. The zero-order valence-corrected chi connectivity index (χ0v) is 7.06. The zero-order chi connectivity index (χ0) is 8.97. The molecule has 1 heterocycles. The number of hydrogen-bond acceptors (Lipinski definition) is 3. The molecular formula is C8H13NO3. The van der Waals surface area contributed by atoms with Gasteiger partial charge in [-0.3, -0.25) is 4.79 Å². The van der Waals surface area contributed by atoms with Crippen LogP contribution in [-0.4, -0.2) is 28.7 Å². The predicted octanol–water partition coefficient (Wildman–Crippen LogP) is 0.435. The lowest BCUT2D eigenvalue weighted by atomic mass is 10.3. The molecule has 0 saturated heterocycles. The van der Waals surface area contributed by atoms with Crippen molar-refractivity contribution < 1.29 is 14.6 Å². The van der Waals surface area contributed by atoms with E-state index in [4.69, 9.17) is 5.11 Å². The van der Waals surface area contributed by atoms with Gasteiger partial charge in [-0.15, -0.1) is 0 Å². The highest BCUT2D eigenvalue weighted by Gasteiger charge is 2.23. The van der Waals surface area contributed by atoms with Gasteiger partial charge in [0.1, 0.15) is 6.26 Å². The molecule has 0 aromatic carbocycles. The normalized spacial score (nSPS) is 22.7. The van der Waals surface area contributed by atoms with Crippen molar-refractivity contribution >= 4 is 5.91 Å². The van der Waals surface area contributed by atoms with Gasteiger partial charge in [-0.2, -0.15) is 0 Å². The molecular weight excluding hydrogens is 158 g/mol. The van der Waals surface area contributed by atoms with Crippen LogP contribution in [0.25, 0.3) is 0 Å². The average molecular weight is 171 g/mol. The van der Waals surface area contributed by atoms with E-state index >= 15 is 0 Å². The number of aliphatic hydroxyl groups excluding tert-OH is 1. The van der Waals surface area contributed by atoms with E-state index in [1.54, 1.807) is 6.20 Å². The lowest BCUT2D eigenvalue weighted by Gasteiger charge is -2.24. The molecule has 1 aliphatic heterocycles. The molecule has 0 spiro atoms. The fourth-order valence-corrected chi connectivity index (χ4v) is 0.970. The minimum atomic E-state index is -1.31. The van der Waals surface area contributed by atoms with E-state index < -0.39 is 6.29 Å². The molecule has 0 aromatic heterocycles. The van der Waals surface area contributed by atoms with E-state index in [0.717, 1.165) is 12.8 Å². The maximum Gasteiger partial charge on any atom is 0.295 e. The van der Waals surface area contributed by atoms with Gasteiger partial charge in [0.05, 0.1) is 0 Å². The van der Waals surface area contributed by atoms with Gasteiger partial charge in [0.15, 0.2) is 0 Å². The molecule has 4 heteroatoms. The highest BCUT2D eigenvalue weighted by molar-refractivity contribution is 5.81. The fraction of sp³-hybridized carbons (Fsp3) is 0.625. The van der Waals surface area contributed by atoms with E-state index in [2.05, 4.69) is 4.74 Å². The Morgan fingerprint density at radius 2 is 2.50 bits per heavy atom. The third kappa shape index (κ3) is 1.98. The summed E-state index contributed by atoms with van der Waals surface area (Å²) in [6, 6.07) is 0. The number of unbranched alkanes of at least 4 members (excludes halogenated alkanes) is 1. The van der Waals surface area contributed by atoms with Crippen molar-refractivity contribution in [3.63, 3.8) is 0 Å². The molecule has 0 fully saturated rings. The van der Waals surface area contributed by atoms with Crippen molar-refractivity contribution in [2.24, 2.45) is 0 Å². The summed E-state index contributed by atoms with van der Waals surface area (Å²) in [5.41, 5.74) is 0. The zero-order valence-electron chi connectivity index (χ0n) is 7.06. The molecule has 0 radical (unpaired) electrons. The number of nitrogens with zero attached hydrogens (tertiary/aromatic N) is 1. The van der Waals surface area contributed by atoms with Gasteiger partial charge in [-0.25, -0.2) is 0 Å². The van der Waals surface area contributed by atoms with Crippen molar-refractivity contribution in [2.75, 3.05) is 6.54 Å². The fourth-order valence-electron chi connectivity index (χ4n) is 0.970. The molecule has 1 rings (SSSR count). The molecule has 1 aliphatic rings. The molecule has 1 N–H and O–H groups in total. The lowest BCUT2D eigenvalue weighted by Crippen LogP contribution is -2.39. The van der Waals surface area contributed by atoms with Crippen LogP contribution >= 0.6 is 0 Å². The number of aliphatic hydroxyl groups is 1. The minimum absolute atomic E-state index is 0.383. The van der Waals surface area contributed by atoms with E-state index in [0.29, 0.717) is 6.54 Å². The average Bonchev–Trinajstić information content (AvgIpc) is 2.08. The first-order valence-electron chi connectivity index (χ1n) is 4.06. The van der Waals surface area contributed by atoms with Crippen molar-refractivity contribution in [3.05, 3.63) is 12.5 Å². The molecule has 68 valence electrons. The maximum absolute atomic E-state index is 11.1. The minimum Gasteiger partial charge on any atom is -0.462 e. The van der Waals surface area contributed by atoms with Crippen LogP contribution in [0.1, 0.15) is 19.8 Å². The van der Waals surface area contributed by atoms with E-state index in [9.17, 15) is 4.79 Å². The first-order valence-corrected chi connectivity index (χ1v) is 4.06. The summed E-state index contributed by atoms with van der Waals surface area (Å²) >= 11 is 0. The summed E-state index contributed by atoms with van der Waals surface area (Å²) < 4.78 is 4.58. The largest absolute Gasteiger partial charge is 0.462 e. The van der Waals surface area contributed by atoms with Crippen molar-refractivity contribution in [1.29, 1.82) is 0 Å². The number of carbonyl (C=O) groups is 1. The molecule has 4 nitrogen and oxygen atoms in total. The highest BCUT2D eigenvalue weighted by atomic mass is 16.6. The first kappa shape index (κ1) is 9.06. The molecule has 12 heavy (non-hydrogen) atoms. The molecule has 0 aliphatic carbocycles. The van der Waals surface area contributed by atoms with Crippen LogP contribution in [0, 0.1) is 0 Å². The third-order valence-corrected chi connectivity index (χ3v) is 1.70. The number of rotatable bonds is 3. The molecule has 1 amide bonds. The van der Waals surface area contributed by atoms with E-state index in [1.165, 1.54) is 11.2 Å². The van der Waals surface area contributed by atoms with E-state index in [-0.39, 0.29) is 5.91 Å². The van der Waals surface area contributed by atoms with Gasteiger partial charge in [-0.1, -0.05) is 13.3 Å². The predicted molar refractivity (Wildman–Crippen MR) is 42.9 cm³/mol. The van der Waals surface area contributed by atoms with Crippen LogP contribution in [0.2, 0.25) is 0 Å². The van der Waals surface area contributed by atoms with Gasteiger partial charge in [-0.05, 0) is 6.42 Å². The van der Waals surface area contributed by atoms with Crippen LogP contribution in [-0.2, 0) is 9.53 Å². The van der Waals surface area contributed by atoms with Crippen LogP contribution in [0.4, 0.5) is 0 Å². The second-order valence-corrected chi connectivity index (χ2v) is 2.66. The van der Waals surface area contributed by atoms with Crippen LogP contribution in [0.5, 0.6) is 0 Å². The second kappa shape index (κ2) is 4.11. The highest BCUT2D eigenvalue weighted by Crippen LogP contribution is 2.06. The number of carbonyl (C=O) groups excluding carboxylic acids is 1. The Kier molecular flexibility index (Phi) is 3.10. The third-order valence-electron chi connectivity index (χ3n) is 1.70. The Hall–Kier alpha value is -1.03. The summed E-state index contributed by atoms with van der Waals surface area (Å²) in [4.78, 5) is 12.6. The Morgan fingerprint density at radius 1 is 1.75 bits per heavy atom.